The van der Waals surface area contributed by atoms with Crippen LogP contribution in [0.25, 0.3) is 0 Å². The summed E-state index contributed by atoms with van der Waals surface area (Å²) in [4.78, 5) is 27.8. The van der Waals surface area contributed by atoms with E-state index in [4.69, 9.17) is 5.73 Å². The van der Waals surface area contributed by atoms with Crippen LogP contribution in [0, 0.1) is 6.92 Å². The van der Waals surface area contributed by atoms with E-state index < -0.39 is 6.04 Å². The Morgan fingerprint density at radius 1 is 1.41 bits per heavy atom. The van der Waals surface area contributed by atoms with Crippen LogP contribution >= 0.6 is 0 Å². The van der Waals surface area contributed by atoms with Crippen molar-refractivity contribution in [1.82, 2.24) is 19.6 Å². The van der Waals surface area contributed by atoms with Gasteiger partial charge in [0.05, 0.1) is 0 Å². The minimum absolute atomic E-state index is 0.0459. The van der Waals surface area contributed by atoms with Crippen molar-refractivity contribution in [2.24, 2.45) is 5.73 Å². The number of nitrogens with zero attached hydrogens (tertiary/aromatic N) is 4. The molecule has 2 rings (SSSR count). The number of nitrogens with two attached hydrogens (primary N) is 1. The highest BCUT2D eigenvalue weighted by molar-refractivity contribution is 5.82. The van der Waals surface area contributed by atoms with E-state index >= 15 is 0 Å². The molecule has 1 atom stereocenters. The second kappa shape index (κ2) is 6.91. The van der Waals surface area contributed by atoms with Gasteiger partial charge >= 0.3 is 0 Å². The van der Waals surface area contributed by atoms with Crippen molar-refractivity contribution in [3.63, 3.8) is 0 Å². The lowest BCUT2D eigenvalue weighted by Crippen LogP contribution is -2.61. The Morgan fingerprint density at radius 3 is 2.68 bits per heavy atom. The fourth-order valence-corrected chi connectivity index (χ4v) is 2.89. The van der Waals surface area contributed by atoms with Crippen molar-refractivity contribution in [2.75, 3.05) is 19.6 Å². The Labute approximate surface area is 131 Å². The highest BCUT2D eigenvalue weighted by atomic mass is 16.2. The number of carbonyl (C=O) groups is 2. The molecule has 0 spiro atoms. The van der Waals surface area contributed by atoms with Gasteiger partial charge < -0.3 is 10.6 Å². The van der Waals surface area contributed by atoms with Gasteiger partial charge in [0.1, 0.15) is 6.04 Å². The molecule has 0 aliphatic carbocycles. The fraction of sp³-hybridized carbons (Fsp3) is 0.667. The summed E-state index contributed by atoms with van der Waals surface area (Å²) in [6, 6.07) is 1.75. The number of rotatable bonds is 5. The number of aryl methyl sites for hydroxylation is 2. The third kappa shape index (κ3) is 3.65. The Hall–Kier alpha value is -1.89. The average molecular weight is 307 g/mol. The molecule has 7 nitrogen and oxygen atoms in total. The Balaban J connectivity index is 1.93. The SMILES string of the molecule is Cc1ccnn1CCC(=O)N1CCN(C(C)C)[C@@H](C(N)=O)C1. The summed E-state index contributed by atoms with van der Waals surface area (Å²) in [5.41, 5.74) is 6.53. The number of amides is 2. The van der Waals surface area contributed by atoms with Gasteiger partial charge in [0.2, 0.25) is 11.8 Å². The third-order valence-corrected chi connectivity index (χ3v) is 4.23. The Morgan fingerprint density at radius 2 is 2.14 bits per heavy atom. The summed E-state index contributed by atoms with van der Waals surface area (Å²) in [6.07, 6.45) is 2.11. The molecule has 0 aromatic carbocycles. The second-order valence-corrected chi connectivity index (χ2v) is 6.04. The fourth-order valence-electron chi connectivity index (χ4n) is 2.89. The van der Waals surface area contributed by atoms with E-state index in [1.807, 2.05) is 31.5 Å². The maximum atomic E-state index is 12.4. The molecule has 7 heteroatoms. The first-order valence-electron chi connectivity index (χ1n) is 7.71. The first-order chi connectivity index (χ1) is 10.4. The Kier molecular flexibility index (Phi) is 5.18. The van der Waals surface area contributed by atoms with Gasteiger partial charge in [-0.15, -0.1) is 0 Å². The topological polar surface area (TPSA) is 84.5 Å². The van der Waals surface area contributed by atoms with Crippen molar-refractivity contribution >= 4 is 11.8 Å². The minimum atomic E-state index is -0.399. The number of hydrogen-bond donors (Lipinski definition) is 1. The summed E-state index contributed by atoms with van der Waals surface area (Å²) >= 11 is 0. The summed E-state index contributed by atoms with van der Waals surface area (Å²) in [6.45, 7) is 8.29. The molecule has 1 saturated heterocycles. The zero-order valence-corrected chi connectivity index (χ0v) is 13.5. The van der Waals surface area contributed by atoms with Crippen LogP contribution in [0.1, 0.15) is 26.0 Å². The first kappa shape index (κ1) is 16.5. The van der Waals surface area contributed by atoms with Crippen molar-refractivity contribution in [2.45, 2.75) is 45.8 Å². The largest absolute Gasteiger partial charge is 0.368 e. The van der Waals surface area contributed by atoms with Crippen molar-refractivity contribution in [1.29, 1.82) is 0 Å². The van der Waals surface area contributed by atoms with Crippen molar-refractivity contribution in [3.8, 4) is 0 Å². The van der Waals surface area contributed by atoms with E-state index in [-0.39, 0.29) is 17.9 Å². The maximum absolute atomic E-state index is 12.4. The lowest BCUT2D eigenvalue weighted by molar-refractivity contribution is -0.138. The molecular weight excluding hydrogens is 282 g/mol. The predicted molar refractivity (Wildman–Crippen MR) is 83.0 cm³/mol. The molecular formula is C15H25N5O2. The Bertz CT molecular complexity index is 540. The van der Waals surface area contributed by atoms with Crippen LogP contribution in [0.4, 0.5) is 0 Å². The van der Waals surface area contributed by atoms with E-state index in [2.05, 4.69) is 10.00 Å². The van der Waals surface area contributed by atoms with Gasteiger partial charge in [-0.3, -0.25) is 19.2 Å². The smallest absolute Gasteiger partial charge is 0.236 e. The molecule has 122 valence electrons. The third-order valence-electron chi connectivity index (χ3n) is 4.23. The second-order valence-electron chi connectivity index (χ2n) is 6.04. The van der Waals surface area contributed by atoms with E-state index in [0.29, 0.717) is 32.6 Å². The molecule has 1 aliphatic rings. The standard InChI is InChI=1S/C15H25N5O2/c1-11(2)19-9-8-18(10-13(19)15(16)22)14(21)5-7-20-12(3)4-6-17-20/h4,6,11,13H,5,7-10H2,1-3H3,(H2,16,22)/t13-/m1/s1. The molecule has 1 aliphatic heterocycles. The molecule has 0 unspecified atom stereocenters. The average Bonchev–Trinajstić information content (AvgIpc) is 2.89. The molecule has 2 heterocycles. The zero-order valence-electron chi connectivity index (χ0n) is 13.5. The van der Waals surface area contributed by atoms with Crippen LogP contribution in [0.15, 0.2) is 12.3 Å². The first-order valence-corrected chi connectivity index (χ1v) is 7.71. The van der Waals surface area contributed by atoms with Gasteiger partial charge in [-0.05, 0) is 26.8 Å². The molecule has 1 aromatic heterocycles. The summed E-state index contributed by atoms with van der Waals surface area (Å²) in [7, 11) is 0. The van der Waals surface area contributed by atoms with Gasteiger partial charge in [0.25, 0.3) is 0 Å². The highest BCUT2D eigenvalue weighted by Crippen LogP contribution is 2.14. The van der Waals surface area contributed by atoms with E-state index in [0.717, 1.165) is 5.69 Å². The van der Waals surface area contributed by atoms with Crippen molar-refractivity contribution in [3.05, 3.63) is 18.0 Å². The van der Waals surface area contributed by atoms with Gasteiger partial charge in [0, 0.05) is 50.5 Å². The number of hydrogen-bond acceptors (Lipinski definition) is 4. The molecule has 1 fully saturated rings. The van der Waals surface area contributed by atoms with Gasteiger partial charge in [-0.2, -0.15) is 5.10 Å². The molecule has 0 saturated carbocycles. The normalized spacial score (nSPS) is 19.6. The van der Waals surface area contributed by atoms with Crippen molar-refractivity contribution < 1.29 is 9.59 Å². The van der Waals surface area contributed by atoms with Gasteiger partial charge in [-0.25, -0.2) is 0 Å². The van der Waals surface area contributed by atoms with E-state index in [9.17, 15) is 9.59 Å². The molecule has 1 aromatic rings. The molecule has 0 radical (unpaired) electrons. The number of aromatic nitrogens is 2. The lowest BCUT2D eigenvalue weighted by Gasteiger charge is -2.42. The molecule has 22 heavy (non-hydrogen) atoms. The van der Waals surface area contributed by atoms with Crippen LogP contribution < -0.4 is 5.73 Å². The number of carbonyl (C=O) groups excluding carboxylic acids is 2. The maximum Gasteiger partial charge on any atom is 0.236 e. The van der Waals surface area contributed by atoms with Crippen LogP contribution in [0.2, 0.25) is 0 Å². The van der Waals surface area contributed by atoms with Crippen LogP contribution in [0.3, 0.4) is 0 Å². The van der Waals surface area contributed by atoms with Crippen LogP contribution in [0.5, 0.6) is 0 Å². The highest BCUT2D eigenvalue weighted by Gasteiger charge is 2.34. The monoisotopic (exact) mass is 307 g/mol. The van der Waals surface area contributed by atoms with Crippen LogP contribution in [-0.2, 0) is 16.1 Å². The number of piperazine rings is 1. The number of primary amides is 1. The molecule has 0 bridgehead atoms. The molecule has 2 N–H and O–H groups in total. The van der Waals surface area contributed by atoms with Gasteiger partial charge in [0.15, 0.2) is 0 Å². The van der Waals surface area contributed by atoms with E-state index in [1.54, 1.807) is 11.1 Å². The summed E-state index contributed by atoms with van der Waals surface area (Å²) < 4.78 is 1.81. The lowest BCUT2D eigenvalue weighted by atomic mass is 10.1. The molecule has 2 amide bonds. The van der Waals surface area contributed by atoms with E-state index in [1.165, 1.54) is 0 Å². The van der Waals surface area contributed by atoms with Crippen LogP contribution in [-0.4, -0.2) is 63.1 Å². The minimum Gasteiger partial charge on any atom is -0.368 e. The predicted octanol–water partition coefficient (Wildman–Crippen LogP) is -0.0119. The van der Waals surface area contributed by atoms with Gasteiger partial charge in [-0.1, -0.05) is 0 Å². The summed E-state index contributed by atoms with van der Waals surface area (Å²) in [5.74, 6) is -0.321. The quantitative estimate of drug-likeness (QED) is 0.829. The summed E-state index contributed by atoms with van der Waals surface area (Å²) in [5, 5.41) is 4.17. The zero-order chi connectivity index (χ0) is 16.3.